The maximum atomic E-state index is 11.6. The van der Waals surface area contributed by atoms with E-state index in [2.05, 4.69) is 0 Å². The predicted molar refractivity (Wildman–Crippen MR) is 59.8 cm³/mol. The molecule has 0 aliphatic carbocycles. The van der Waals surface area contributed by atoms with E-state index in [0.717, 1.165) is 4.57 Å². The lowest BCUT2D eigenvalue weighted by Gasteiger charge is -2.07. The molecular weight excluding hydrogens is 208 g/mol. The first-order valence-corrected chi connectivity index (χ1v) is 5.01. The molecule has 0 bridgehead atoms. The second-order valence-corrected chi connectivity index (χ2v) is 3.55. The van der Waals surface area contributed by atoms with Gasteiger partial charge in [-0.25, -0.2) is 4.79 Å². The summed E-state index contributed by atoms with van der Waals surface area (Å²) in [5, 5.41) is 8.36. The number of nitrogens with zero attached hydrogens (tertiary/aromatic N) is 3. The number of hydrogen-bond donors (Lipinski definition) is 1. The zero-order valence-corrected chi connectivity index (χ0v) is 9.14. The van der Waals surface area contributed by atoms with Crippen molar-refractivity contribution in [3.05, 3.63) is 27.0 Å². The van der Waals surface area contributed by atoms with Crippen LogP contribution in [0.25, 0.3) is 0 Å². The van der Waals surface area contributed by atoms with Gasteiger partial charge in [0.2, 0.25) is 0 Å². The minimum absolute atomic E-state index is 0.0578. The Hall–Kier alpha value is -2.03. The molecule has 0 atom stereocenters. The third-order valence-corrected chi connectivity index (χ3v) is 2.28. The first-order chi connectivity index (χ1) is 7.57. The number of aromatic nitrogens is 2. The first-order valence-electron chi connectivity index (χ1n) is 5.01. The van der Waals surface area contributed by atoms with E-state index in [4.69, 9.17) is 11.0 Å². The molecule has 6 heteroatoms. The number of unbranched alkanes of at least 4 members (excludes halogenated alkanes) is 2. The van der Waals surface area contributed by atoms with Crippen LogP contribution < -0.4 is 17.0 Å². The molecule has 0 amide bonds. The van der Waals surface area contributed by atoms with Gasteiger partial charge >= 0.3 is 5.69 Å². The molecule has 1 heterocycles. The molecule has 0 unspecified atom stereocenters. The lowest BCUT2D eigenvalue weighted by Crippen LogP contribution is -2.39. The van der Waals surface area contributed by atoms with Crippen LogP contribution in [-0.4, -0.2) is 9.13 Å². The number of aryl methyl sites for hydroxylation is 1. The van der Waals surface area contributed by atoms with Gasteiger partial charge in [-0.3, -0.25) is 9.36 Å². The Morgan fingerprint density at radius 1 is 1.44 bits per heavy atom. The lowest BCUT2D eigenvalue weighted by atomic mass is 10.2. The number of anilines is 1. The van der Waals surface area contributed by atoms with Gasteiger partial charge in [0.15, 0.2) is 0 Å². The molecule has 86 valence electrons. The fourth-order valence-corrected chi connectivity index (χ4v) is 1.42. The van der Waals surface area contributed by atoms with E-state index >= 15 is 0 Å². The Balaban J connectivity index is 2.92. The molecule has 0 saturated heterocycles. The average Bonchev–Trinajstić information content (AvgIpc) is 2.25. The van der Waals surface area contributed by atoms with Gasteiger partial charge < -0.3 is 10.3 Å². The summed E-state index contributed by atoms with van der Waals surface area (Å²) in [6, 6.07) is 2.01. The van der Waals surface area contributed by atoms with Gasteiger partial charge in [0.05, 0.1) is 6.07 Å². The molecular formula is C10H14N4O2. The summed E-state index contributed by atoms with van der Waals surface area (Å²) < 4.78 is 2.38. The number of nitriles is 1. The molecule has 0 aliphatic rings. The van der Waals surface area contributed by atoms with Gasteiger partial charge in [-0.15, -0.1) is 0 Å². The largest absolute Gasteiger partial charge is 0.393 e. The summed E-state index contributed by atoms with van der Waals surface area (Å²) in [5.41, 5.74) is 4.70. The molecule has 0 fully saturated rings. The van der Waals surface area contributed by atoms with E-state index in [1.807, 2.05) is 6.07 Å². The Morgan fingerprint density at radius 2 is 2.12 bits per heavy atom. The van der Waals surface area contributed by atoms with Crippen molar-refractivity contribution < 1.29 is 0 Å². The molecule has 16 heavy (non-hydrogen) atoms. The topological polar surface area (TPSA) is 93.8 Å². The molecule has 0 radical (unpaired) electrons. The monoisotopic (exact) mass is 222 g/mol. The zero-order chi connectivity index (χ0) is 12.1. The Bertz CT molecular complexity index is 487. The maximum Gasteiger partial charge on any atom is 0.330 e. The van der Waals surface area contributed by atoms with Crippen LogP contribution >= 0.6 is 0 Å². The predicted octanol–water partition coefficient (Wildman–Crippen LogP) is -0.177. The van der Waals surface area contributed by atoms with Crippen molar-refractivity contribution in [3.8, 4) is 6.07 Å². The molecule has 0 saturated carbocycles. The zero-order valence-electron chi connectivity index (χ0n) is 9.14. The molecule has 2 N–H and O–H groups in total. The summed E-state index contributed by atoms with van der Waals surface area (Å²) in [6.07, 6.45) is 3.03. The summed E-state index contributed by atoms with van der Waals surface area (Å²) in [7, 11) is 1.55. The van der Waals surface area contributed by atoms with Crippen molar-refractivity contribution >= 4 is 5.69 Å². The highest BCUT2D eigenvalue weighted by molar-refractivity contribution is 5.30. The summed E-state index contributed by atoms with van der Waals surface area (Å²) in [5.74, 6) is 0. The van der Waals surface area contributed by atoms with E-state index in [9.17, 15) is 9.59 Å². The van der Waals surface area contributed by atoms with Crippen LogP contribution in [0.15, 0.2) is 15.8 Å². The maximum absolute atomic E-state index is 11.6. The number of rotatable bonds is 4. The number of nitrogen functional groups attached to an aromatic ring is 1. The van der Waals surface area contributed by atoms with Crippen LogP contribution in [0.1, 0.15) is 19.3 Å². The van der Waals surface area contributed by atoms with Gasteiger partial charge in [-0.05, 0) is 12.8 Å². The van der Waals surface area contributed by atoms with E-state index < -0.39 is 5.56 Å². The van der Waals surface area contributed by atoms with E-state index in [-0.39, 0.29) is 11.4 Å². The van der Waals surface area contributed by atoms with Crippen LogP contribution in [0.4, 0.5) is 5.69 Å². The van der Waals surface area contributed by atoms with Crippen molar-refractivity contribution in [1.29, 1.82) is 5.26 Å². The molecule has 0 aromatic carbocycles. The Labute approximate surface area is 92.5 Å². The van der Waals surface area contributed by atoms with Gasteiger partial charge in [0.1, 0.15) is 5.69 Å². The van der Waals surface area contributed by atoms with Gasteiger partial charge in [-0.1, -0.05) is 0 Å². The number of nitrogens with two attached hydrogens (primary N) is 1. The van der Waals surface area contributed by atoms with Gasteiger partial charge in [0.25, 0.3) is 5.56 Å². The summed E-state index contributed by atoms with van der Waals surface area (Å²) in [4.78, 5) is 23.2. The van der Waals surface area contributed by atoms with Crippen molar-refractivity contribution in [2.45, 2.75) is 25.8 Å². The standard InChI is InChI=1S/C10H14N4O2/c1-13-7-8(12)9(15)14(10(13)16)6-4-2-3-5-11/h7H,2-4,6,12H2,1H3. The highest BCUT2D eigenvalue weighted by atomic mass is 16.2. The molecule has 0 aliphatic heterocycles. The van der Waals surface area contributed by atoms with Crippen molar-refractivity contribution in [1.82, 2.24) is 9.13 Å². The fraction of sp³-hybridized carbons (Fsp3) is 0.500. The first kappa shape index (κ1) is 12.0. The second kappa shape index (κ2) is 5.16. The van der Waals surface area contributed by atoms with E-state index in [0.29, 0.717) is 25.8 Å². The summed E-state index contributed by atoms with van der Waals surface area (Å²) in [6.45, 7) is 0.304. The van der Waals surface area contributed by atoms with Crippen LogP contribution in [0.3, 0.4) is 0 Å². The smallest absolute Gasteiger partial charge is 0.330 e. The molecule has 0 spiro atoms. The summed E-state index contributed by atoms with van der Waals surface area (Å²) >= 11 is 0. The van der Waals surface area contributed by atoms with Crippen LogP contribution in [0.5, 0.6) is 0 Å². The Kier molecular flexibility index (Phi) is 3.89. The van der Waals surface area contributed by atoms with Crippen molar-refractivity contribution in [2.24, 2.45) is 7.05 Å². The van der Waals surface area contributed by atoms with Crippen molar-refractivity contribution in [2.75, 3.05) is 5.73 Å². The Morgan fingerprint density at radius 3 is 2.75 bits per heavy atom. The van der Waals surface area contributed by atoms with Crippen LogP contribution in [-0.2, 0) is 13.6 Å². The molecule has 1 aromatic heterocycles. The third kappa shape index (κ3) is 2.51. The van der Waals surface area contributed by atoms with E-state index in [1.165, 1.54) is 10.8 Å². The fourth-order valence-electron chi connectivity index (χ4n) is 1.42. The van der Waals surface area contributed by atoms with E-state index in [1.54, 1.807) is 7.05 Å². The third-order valence-electron chi connectivity index (χ3n) is 2.28. The molecule has 1 rings (SSSR count). The SMILES string of the molecule is Cn1cc(N)c(=O)n(CCCCC#N)c1=O. The average molecular weight is 222 g/mol. The van der Waals surface area contributed by atoms with Crippen molar-refractivity contribution in [3.63, 3.8) is 0 Å². The molecule has 6 nitrogen and oxygen atoms in total. The minimum atomic E-state index is -0.458. The van der Waals surface area contributed by atoms with Crippen LogP contribution in [0, 0.1) is 11.3 Å². The highest BCUT2D eigenvalue weighted by Crippen LogP contribution is 1.96. The molecule has 1 aromatic rings. The minimum Gasteiger partial charge on any atom is -0.393 e. The quantitative estimate of drug-likeness (QED) is 0.715. The van der Waals surface area contributed by atoms with Gasteiger partial charge in [0, 0.05) is 26.2 Å². The van der Waals surface area contributed by atoms with Crippen LogP contribution in [0.2, 0.25) is 0 Å². The second-order valence-electron chi connectivity index (χ2n) is 3.55. The normalized spacial score (nSPS) is 10.0. The highest BCUT2D eigenvalue weighted by Gasteiger charge is 2.06. The lowest BCUT2D eigenvalue weighted by molar-refractivity contribution is 0.551. The van der Waals surface area contributed by atoms with Gasteiger partial charge in [-0.2, -0.15) is 5.26 Å². The number of hydrogen-bond acceptors (Lipinski definition) is 4.